The quantitative estimate of drug-likeness (QED) is 0.601. The van der Waals surface area contributed by atoms with Crippen molar-refractivity contribution in [3.8, 4) is 6.07 Å². The van der Waals surface area contributed by atoms with E-state index < -0.39 is 11.7 Å². The molecular formula is C20H21F3N6O. The third-order valence-corrected chi connectivity index (χ3v) is 4.70. The van der Waals surface area contributed by atoms with Crippen LogP contribution in [0.25, 0.3) is 5.57 Å². The third-order valence-electron chi connectivity index (χ3n) is 4.70. The molecular weight excluding hydrogens is 397 g/mol. The Kier molecular flexibility index (Phi) is 6.42. The zero-order valence-corrected chi connectivity index (χ0v) is 16.5. The van der Waals surface area contributed by atoms with Crippen molar-refractivity contribution in [2.75, 3.05) is 42.8 Å². The van der Waals surface area contributed by atoms with Crippen molar-refractivity contribution in [3.63, 3.8) is 0 Å². The van der Waals surface area contributed by atoms with Gasteiger partial charge in [0.05, 0.1) is 19.3 Å². The number of anilines is 4. The number of alkyl halides is 3. The van der Waals surface area contributed by atoms with Gasteiger partial charge >= 0.3 is 6.18 Å². The largest absolute Gasteiger partial charge is 0.421 e. The maximum atomic E-state index is 13.1. The third kappa shape index (κ3) is 4.63. The zero-order valence-electron chi connectivity index (χ0n) is 16.5. The Balaban J connectivity index is 1.97. The first-order valence-electron chi connectivity index (χ1n) is 9.25. The van der Waals surface area contributed by atoms with Crippen LogP contribution in [0.3, 0.4) is 0 Å². The van der Waals surface area contributed by atoms with Crippen LogP contribution in [0.5, 0.6) is 0 Å². The summed E-state index contributed by atoms with van der Waals surface area (Å²) in [5.41, 5.74) is 3.32. The van der Waals surface area contributed by atoms with Gasteiger partial charge in [0, 0.05) is 30.2 Å². The van der Waals surface area contributed by atoms with Crippen LogP contribution in [-0.2, 0) is 10.9 Å². The number of nitrogens with zero attached hydrogens (tertiary/aromatic N) is 3. The first kappa shape index (κ1) is 21.4. The first-order chi connectivity index (χ1) is 14.3. The van der Waals surface area contributed by atoms with E-state index in [-0.39, 0.29) is 18.3 Å². The second-order valence-electron chi connectivity index (χ2n) is 6.56. The van der Waals surface area contributed by atoms with Gasteiger partial charge in [-0.25, -0.2) is 4.98 Å². The van der Waals surface area contributed by atoms with Crippen molar-refractivity contribution < 1.29 is 17.9 Å². The molecule has 0 bridgehead atoms. The Morgan fingerprint density at radius 1 is 1.30 bits per heavy atom. The molecule has 2 heterocycles. The lowest BCUT2D eigenvalue weighted by atomic mass is 9.96. The highest BCUT2D eigenvalue weighted by molar-refractivity contribution is 5.83. The van der Waals surface area contributed by atoms with E-state index in [1.807, 2.05) is 25.1 Å². The van der Waals surface area contributed by atoms with E-state index in [1.165, 1.54) is 7.05 Å². The highest BCUT2D eigenvalue weighted by atomic mass is 19.4. The summed E-state index contributed by atoms with van der Waals surface area (Å²) in [7, 11) is 1.37. The fourth-order valence-electron chi connectivity index (χ4n) is 3.20. The van der Waals surface area contributed by atoms with Gasteiger partial charge < -0.3 is 20.7 Å². The lowest BCUT2D eigenvalue weighted by Gasteiger charge is -2.21. The second kappa shape index (κ2) is 9.00. The molecule has 3 N–H and O–H groups in total. The molecule has 2 aromatic rings. The van der Waals surface area contributed by atoms with Gasteiger partial charge in [-0.05, 0) is 30.5 Å². The molecule has 0 radical (unpaired) electrons. The SMILES string of the molecule is CNc1nc(Nc2ccc(C3=CCOCC3)c(NCC#N)c2C)ncc1C(F)(F)F. The van der Waals surface area contributed by atoms with Gasteiger partial charge in [0.15, 0.2) is 0 Å². The summed E-state index contributed by atoms with van der Waals surface area (Å²) in [6.07, 6.45) is -1.06. The van der Waals surface area contributed by atoms with E-state index in [2.05, 4.69) is 32.0 Å². The zero-order chi connectivity index (χ0) is 21.7. The van der Waals surface area contributed by atoms with E-state index in [0.29, 0.717) is 18.9 Å². The predicted octanol–water partition coefficient (Wildman–Crippen LogP) is 4.33. The fourth-order valence-corrected chi connectivity index (χ4v) is 3.20. The van der Waals surface area contributed by atoms with Crippen molar-refractivity contribution in [2.45, 2.75) is 19.5 Å². The number of halogens is 3. The van der Waals surface area contributed by atoms with E-state index >= 15 is 0 Å². The number of nitriles is 1. The Bertz CT molecular complexity index is 997. The van der Waals surface area contributed by atoms with Gasteiger partial charge in [-0.15, -0.1) is 0 Å². The number of rotatable bonds is 6. The molecule has 0 fully saturated rings. The second-order valence-corrected chi connectivity index (χ2v) is 6.56. The number of aromatic nitrogens is 2. The molecule has 0 unspecified atom stereocenters. The van der Waals surface area contributed by atoms with Crippen molar-refractivity contribution in [2.24, 2.45) is 0 Å². The standard InChI is InChI=1S/C20H21F3N6O/c1-12-16(28-19-27-11-15(20(21,22)23)18(25-2)29-19)4-3-14(17(12)26-8-7-24)13-5-9-30-10-6-13/h3-5,11,26H,6,8-10H2,1-2H3,(H2,25,27,28,29). The van der Waals surface area contributed by atoms with Gasteiger partial charge in [0.25, 0.3) is 0 Å². The molecule has 1 aliphatic rings. The van der Waals surface area contributed by atoms with Gasteiger partial charge in [0.2, 0.25) is 5.95 Å². The van der Waals surface area contributed by atoms with Crippen LogP contribution in [0.1, 0.15) is 23.1 Å². The Hall–Kier alpha value is -3.32. The molecule has 1 aromatic heterocycles. The average Bonchev–Trinajstić information content (AvgIpc) is 2.74. The molecule has 30 heavy (non-hydrogen) atoms. The fraction of sp³-hybridized carbons (Fsp3) is 0.350. The molecule has 1 aromatic carbocycles. The summed E-state index contributed by atoms with van der Waals surface area (Å²) in [6.45, 7) is 3.11. The molecule has 158 valence electrons. The summed E-state index contributed by atoms with van der Waals surface area (Å²) < 4.78 is 44.6. The van der Waals surface area contributed by atoms with E-state index in [0.717, 1.165) is 35.0 Å². The normalized spacial score (nSPS) is 13.9. The highest BCUT2D eigenvalue weighted by Gasteiger charge is 2.35. The minimum Gasteiger partial charge on any atom is -0.377 e. The molecule has 0 saturated carbocycles. The van der Waals surface area contributed by atoms with Crippen molar-refractivity contribution in [1.29, 1.82) is 5.26 Å². The molecule has 0 atom stereocenters. The lowest BCUT2D eigenvalue weighted by Crippen LogP contribution is -2.13. The van der Waals surface area contributed by atoms with Gasteiger partial charge in [-0.1, -0.05) is 12.1 Å². The maximum Gasteiger partial charge on any atom is 0.421 e. The topological polar surface area (TPSA) is 94.9 Å². The average molecular weight is 418 g/mol. The smallest absolute Gasteiger partial charge is 0.377 e. The van der Waals surface area contributed by atoms with Gasteiger partial charge in [-0.2, -0.15) is 23.4 Å². The Labute approximate surface area is 172 Å². The molecule has 3 rings (SSSR count). The molecule has 0 saturated heterocycles. The van der Waals surface area contributed by atoms with E-state index in [1.54, 1.807) is 0 Å². The Morgan fingerprint density at radius 3 is 2.73 bits per heavy atom. The molecule has 0 aliphatic carbocycles. The van der Waals surface area contributed by atoms with Crippen LogP contribution in [0, 0.1) is 18.3 Å². The van der Waals surface area contributed by atoms with Crippen LogP contribution in [-0.4, -0.2) is 36.8 Å². The number of nitrogens with one attached hydrogen (secondary N) is 3. The van der Waals surface area contributed by atoms with Crippen molar-refractivity contribution >= 4 is 28.7 Å². The molecule has 0 spiro atoms. The van der Waals surface area contributed by atoms with Crippen LogP contribution in [0.15, 0.2) is 24.4 Å². The molecule has 0 amide bonds. The summed E-state index contributed by atoms with van der Waals surface area (Å²) in [5, 5.41) is 17.5. The predicted molar refractivity (Wildman–Crippen MR) is 109 cm³/mol. The first-order valence-corrected chi connectivity index (χ1v) is 9.25. The summed E-state index contributed by atoms with van der Waals surface area (Å²) in [4.78, 5) is 7.76. The summed E-state index contributed by atoms with van der Waals surface area (Å²) in [6, 6.07) is 5.78. The van der Waals surface area contributed by atoms with Crippen molar-refractivity contribution in [1.82, 2.24) is 9.97 Å². The van der Waals surface area contributed by atoms with E-state index in [9.17, 15) is 13.2 Å². The highest BCUT2D eigenvalue weighted by Crippen LogP contribution is 2.37. The Morgan fingerprint density at radius 2 is 2.10 bits per heavy atom. The lowest BCUT2D eigenvalue weighted by molar-refractivity contribution is -0.137. The van der Waals surface area contributed by atoms with Gasteiger partial charge in [-0.3, -0.25) is 0 Å². The maximum absolute atomic E-state index is 13.1. The minimum absolute atomic E-state index is 0.0275. The van der Waals surface area contributed by atoms with Crippen LogP contribution >= 0.6 is 0 Å². The number of ether oxygens (including phenoxy) is 1. The number of benzene rings is 1. The van der Waals surface area contributed by atoms with E-state index in [4.69, 9.17) is 10.00 Å². The van der Waals surface area contributed by atoms with Crippen molar-refractivity contribution in [3.05, 3.63) is 41.1 Å². The monoisotopic (exact) mass is 418 g/mol. The minimum atomic E-state index is -4.56. The number of hydrogen-bond donors (Lipinski definition) is 3. The molecule has 1 aliphatic heterocycles. The molecule has 10 heteroatoms. The van der Waals surface area contributed by atoms with Gasteiger partial charge in [0.1, 0.15) is 17.9 Å². The van der Waals surface area contributed by atoms with Crippen LogP contribution in [0.4, 0.5) is 36.3 Å². The summed E-state index contributed by atoms with van der Waals surface area (Å²) in [5.74, 6) is -0.288. The van der Waals surface area contributed by atoms with Crippen LogP contribution in [0.2, 0.25) is 0 Å². The molecule has 7 nitrogen and oxygen atoms in total. The summed E-state index contributed by atoms with van der Waals surface area (Å²) >= 11 is 0. The number of hydrogen-bond acceptors (Lipinski definition) is 7. The van der Waals surface area contributed by atoms with Crippen LogP contribution < -0.4 is 16.0 Å².